The van der Waals surface area contributed by atoms with Crippen LogP contribution in [0.2, 0.25) is 0 Å². The Balaban J connectivity index is 1.45. The highest BCUT2D eigenvalue weighted by Gasteiger charge is 2.17. The lowest BCUT2D eigenvalue weighted by Crippen LogP contribution is -2.44. The highest BCUT2D eigenvalue weighted by atomic mass is 16.1. The minimum absolute atomic E-state index is 0.265. The van der Waals surface area contributed by atoms with E-state index in [1.54, 1.807) is 0 Å². The number of likely N-dealkylation sites (N-methyl/N-ethyl adjacent to an activating group) is 1. The number of fused-ring (bicyclic) bond motifs is 3. The summed E-state index contributed by atoms with van der Waals surface area (Å²) in [5, 5.41) is 4.44. The molecule has 0 saturated carbocycles. The summed E-state index contributed by atoms with van der Waals surface area (Å²) in [6.45, 7) is 5.68. The summed E-state index contributed by atoms with van der Waals surface area (Å²) >= 11 is 0. The standard InChI is InChI=1S/C22H24N6O/c1-26-12-14-27(15-13-26)17-8-6-16(7-9-17)21(29)25-22-24-19-5-3-2-4-18(19)20-23-10-11-28(20)22/h2-9,23H,10-15H2,1H3. The molecule has 1 aromatic heterocycles. The first-order valence-corrected chi connectivity index (χ1v) is 10.0. The van der Waals surface area contributed by atoms with Crippen LogP contribution in [0.25, 0.3) is 10.9 Å². The van der Waals surface area contributed by atoms with Crippen LogP contribution in [0.5, 0.6) is 0 Å². The molecule has 2 aliphatic rings. The first-order valence-electron chi connectivity index (χ1n) is 10.0. The quantitative estimate of drug-likeness (QED) is 0.727. The van der Waals surface area contributed by atoms with Crippen molar-refractivity contribution in [2.45, 2.75) is 6.54 Å². The summed E-state index contributed by atoms with van der Waals surface area (Å²) < 4.78 is 1.98. The van der Waals surface area contributed by atoms with Crippen molar-refractivity contribution < 1.29 is 4.79 Å². The zero-order valence-electron chi connectivity index (χ0n) is 16.5. The molecule has 2 aliphatic heterocycles. The lowest BCUT2D eigenvalue weighted by atomic mass is 10.1. The molecule has 2 aromatic carbocycles. The molecule has 0 radical (unpaired) electrons. The van der Waals surface area contributed by atoms with E-state index in [-0.39, 0.29) is 5.91 Å². The minimum Gasteiger partial charge on any atom is -0.369 e. The molecule has 1 saturated heterocycles. The van der Waals surface area contributed by atoms with Gasteiger partial charge in [-0.15, -0.1) is 0 Å². The van der Waals surface area contributed by atoms with Crippen molar-refractivity contribution in [3.63, 3.8) is 0 Å². The van der Waals surface area contributed by atoms with E-state index in [4.69, 9.17) is 0 Å². The van der Waals surface area contributed by atoms with Crippen molar-refractivity contribution >= 4 is 28.3 Å². The van der Waals surface area contributed by atoms with E-state index in [2.05, 4.69) is 32.1 Å². The molecule has 3 heterocycles. The largest absolute Gasteiger partial charge is 0.369 e. The third-order valence-electron chi connectivity index (χ3n) is 5.70. The maximum atomic E-state index is 12.8. The van der Waals surface area contributed by atoms with Gasteiger partial charge in [0.05, 0.1) is 5.52 Å². The Morgan fingerprint density at radius 3 is 2.55 bits per heavy atom. The Bertz CT molecular complexity index is 1130. The number of nitrogens with one attached hydrogen (secondary N) is 1. The maximum absolute atomic E-state index is 12.8. The second-order valence-electron chi connectivity index (χ2n) is 7.61. The van der Waals surface area contributed by atoms with E-state index in [1.165, 1.54) is 0 Å². The third kappa shape index (κ3) is 3.38. The molecule has 1 N–H and O–H groups in total. The fraction of sp³-hybridized carbons (Fsp3) is 0.318. The fourth-order valence-electron chi connectivity index (χ4n) is 3.99. The molecule has 0 atom stereocenters. The lowest BCUT2D eigenvalue weighted by Gasteiger charge is -2.34. The number of amides is 1. The summed E-state index contributed by atoms with van der Waals surface area (Å²) in [6, 6.07) is 15.7. The van der Waals surface area contributed by atoms with Gasteiger partial charge in [0.2, 0.25) is 5.62 Å². The number of hydrogen-bond donors (Lipinski definition) is 1. The number of nitrogens with zero attached hydrogens (tertiary/aromatic N) is 5. The highest BCUT2D eigenvalue weighted by Crippen LogP contribution is 2.22. The van der Waals surface area contributed by atoms with Gasteiger partial charge in [0.15, 0.2) is 0 Å². The third-order valence-corrected chi connectivity index (χ3v) is 5.70. The molecule has 7 nitrogen and oxygen atoms in total. The van der Waals surface area contributed by atoms with Gasteiger partial charge in [-0.05, 0) is 43.4 Å². The van der Waals surface area contributed by atoms with Gasteiger partial charge in [0.25, 0.3) is 5.91 Å². The van der Waals surface area contributed by atoms with Crippen LogP contribution in [0, 0.1) is 0 Å². The van der Waals surface area contributed by atoms with Crippen molar-refractivity contribution in [3.05, 3.63) is 59.7 Å². The van der Waals surface area contributed by atoms with Gasteiger partial charge in [-0.3, -0.25) is 9.36 Å². The smallest absolute Gasteiger partial charge is 0.280 e. The van der Waals surface area contributed by atoms with Gasteiger partial charge in [0, 0.05) is 55.9 Å². The van der Waals surface area contributed by atoms with E-state index in [1.807, 2.05) is 53.1 Å². The first kappa shape index (κ1) is 17.9. The Morgan fingerprint density at radius 1 is 1.00 bits per heavy atom. The molecule has 0 bridgehead atoms. The van der Waals surface area contributed by atoms with Crippen LogP contribution < -0.4 is 15.8 Å². The summed E-state index contributed by atoms with van der Waals surface area (Å²) in [5.74, 6) is 0.715. The number of carbonyl (C=O) groups is 1. The molecule has 7 heteroatoms. The predicted octanol–water partition coefficient (Wildman–Crippen LogP) is 1.95. The predicted molar refractivity (Wildman–Crippen MR) is 114 cm³/mol. The van der Waals surface area contributed by atoms with E-state index in [9.17, 15) is 4.79 Å². The molecule has 0 unspecified atom stereocenters. The van der Waals surface area contributed by atoms with Crippen LogP contribution in [0.3, 0.4) is 0 Å². The van der Waals surface area contributed by atoms with Crippen molar-refractivity contribution in [1.82, 2.24) is 14.5 Å². The van der Waals surface area contributed by atoms with Crippen LogP contribution in [-0.2, 0) is 6.54 Å². The van der Waals surface area contributed by atoms with Gasteiger partial charge < -0.3 is 15.1 Å². The number of piperazine rings is 1. The minimum atomic E-state index is -0.265. The van der Waals surface area contributed by atoms with E-state index >= 15 is 0 Å². The van der Waals surface area contributed by atoms with Crippen LogP contribution >= 0.6 is 0 Å². The topological polar surface area (TPSA) is 65.8 Å². The molecular formula is C22H24N6O. The number of anilines is 2. The van der Waals surface area contributed by atoms with E-state index < -0.39 is 0 Å². The van der Waals surface area contributed by atoms with Crippen LogP contribution in [0.4, 0.5) is 11.5 Å². The number of hydrogen-bond acceptors (Lipinski definition) is 5. The monoisotopic (exact) mass is 388 g/mol. The zero-order valence-corrected chi connectivity index (χ0v) is 16.5. The highest BCUT2D eigenvalue weighted by molar-refractivity contribution is 5.95. The van der Waals surface area contributed by atoms with Gasteiger partial charge in [0.1, 0.15) is 5.82 Å². The van der Waals surface area contributed by atoms with Crippen LogP contribution in [0.15, 0.2) is 53.5 Å². The molecule has 29 heavy (non-hydrogen) atoms. The van der Waals surface area contributed by atoms with Crippen molar-refractivity contribution in [1.29, 1.82) is 0 Å². The molecule has 148 valence electrons. The van der Waals surface area contributed by atoms with Gasteiger partial charge in [-0.2, -0.15) is 4.99 Å². The average Bonchev–Trinajstić information content (AvgIpc) is 3.25. The van der Waals surface area contributed by atoms with Crippen LogP contribution in [-0.4, -0.2) is 60.1 Å². The molecule has 0 aliphatic carbocycles. The molecule has 5 rings (SSSR count). The number of aromatic nitrogens is 2. The molecule has 0 spiro atoms. The van der Waals surface area contributed by atoms with E-state index in [0.717, 1.165) is 61.7 Å². The van der Waals surface area contributed by atoms with Gasteiger partial charge in [-0.25, -0.2) is 4.98 Å². The van der Waals surface area contributed by atoms with Crippen molar-refractivity contribution in [2.75, 3.05) is 50.0 Å². The van der Waals surface area contributed by atoms with Gasteiger partial charge in [-0.1, -0.05) is 12.1 Å². The number of carbonyl (C=O) groups excluding carboxylic acids is 1. The Hall–Kier alpha value is -3.19. The maximum Gasteiger partial charge on any atom is 0.280 e. The second kappa shape index (κ2) is 7.33. The lowest BCUT2D eigenvalue weighted by molar-refractivity contribution is 0.0996. The SMILES string of the molecule is CN1CCN(c2ccc(C(=O)N=c3nc4ccccc4c4n3CCN4)cc2)CC1. The van der Waals surface area contributed by atoms with Gasteiger partial charge >= 0.3 is 0 Å². The van der Waals surface area contributed by atoms with Crippen LogP contribution in [0.1, 0.15) is 10.4 Å². The Kier molecular flexibility index (Phi) is 4.52. The van der Waals surface area contributed by atoms with Crippen molar-refractivity contribution in [3.8, 4) is 0 Å². The summed E-state index contributed by atoms with van der Waals surface area (Å²) in [5.41, 5.74) is 3.03. The van der Waals surface area contributed by atoms with E-state index in [0.29, 0.717) is 11.2 Å². The summed E-state index contributed by atoms with van der Waals surface area (Å²) in [6.07, 6.45) is 0. The number of benzene rings is 2. The molecule has 1 fully saturated rings. The second-order valence-corrected chi connectivity index (χ2v) is 7.61. The Morgan fingerprint density at radius 2 is 1.76 bits per heavy atom. The first-order chi connectivity index (χ1) is 14.2. The summed E-state index contributed by atoms with van der Waals surface area (Å²) in [4.78, 5) is 26.5. The normalized spacial score (nSPS) is 17.4. The summed E-state index contributed by atoms with van der Waals surface area (Å²) in [7, 11) is 2.14. The molecule has 3 aromatic rings. The number of rotatable bonds is 2. The Labute approximate surface area is 169 Å². The zero-order chi connectivity index (χ0) is 19.8. The average molecular weight is 388 g/mol. The molecule has 1 amide bonds. The number of para-hydroxylation sites is 1. The van der Waals surface area contributed by atoms with Crippen molar-refractivity contribution in [2.24, 2.45) is 4.99 Å². The molecular weight excluding hydrogens is 364 g/mol. The fourth-order valence-corrected chi connectivity index (χ4v) is 3.99.